The molecule has 37 heavy (non-hydrogen) atoms. The molecule has 198 valence electrons. The molecule has 0 saturated carbocycles. The number of benzene rings is 1. The number of nitrogens with two attached hydrogens (primary N) is 1. The number of thiazole rings is 1. The summed E-state index contributed by atoms with van der Waals surface area (Å²) in [5.74, 6) is -0.266. The molecule has 0 spiro atoms. The maximum absolute atomic E-state index is 15.9. The van der Waals surface area contributed by atoms with Crippen molar-refractivity contribution in [3.63, 3.8) is 0 Å². The van der Waals surface area contributed by atoms with Crippen molar-refractivity contribution in [2.45, 2.75) is 38.0 Å². The Morgan fingerprint density at radius 2 is 2.16 bits per heavy atom. The van der Waals surface area contributed by atoms with Crippen LogP contribution in [-0.4, -0.2) is 54.4 Å². The topological polar surface area (TPSA) is 97.4 Å². The molecule has 1 atom stereocenters. The zero-order valence-electron chi connectivity index (χ0n) is 19.5. The molecule has 2 aliphatic heterocycles. The van der Waals surface area contributed by atoms with Crippen LogP contribution < -0.4 is 11.1 Å². The number of hydrogen-bond donors (Lipinski definition) is 2. The number of ether oxygens (including phenoxy) is 2. The van der Waals surface area contributed by atoms with Crippen LogP contribution in [0, 0.1) is 5.82 Å². The third kappa shape index (κ3) is 6.18. The summed E-state index contributed by atoms with van der Waals surface area (Å²) in [6.07, 6.45) is 1.30. The first-order valence-corrected chi connectivity index (χ1v) is 12.2. The lowest BCUT2D eigenvalue weighted by molar-refractivity contribution is -0.229. The van der Waals surface area contributed by atoms with Gasteiger partial charge in [0.1, 0.15) is 11.9 Å². The summed E-state index contributed by atoms with van der Waals surface area (Å²) in [5.41, 5.74) is 4.82. The molecule has 0 aliphatic carbocycles. The van der Waals surface area contributed by atoms with E-state index in [1.54, 1.807) is 18.5 Å². The van der Waals surface area contributed by atoms with Crippen molar-refractivity contribution in [1.29, 1.82) is 0 Å². The van der Waals surface area contributed by atoms with E-state index < -0.39 is 30.5 Å². The van der Waals surface area contributed by atoms with E-state index in [0.29, 0.717) is 32.7 Å². The molecule has 8 nitrogen and oxygen atoms in total. The minimum absolute atomic E-state index is 0.0524. The minimum Gasteiger partial charge on any atom is -0.341 e. The number of amidine groups is 1. The molecule has 1 aromatic heterocycles. The Hall–Kier alpha value is -2.84. The zero-order chi connectivity index (χ0) is 26.7. The van der Waals surface area contributed by atoms with Gasteiger partial charge >= 0.3 is 6.55 Å². The van der Waals surface area contributed by atoms with Crippen LogP contribution in [0.1, 0.15) is 30.0 Å². The van der Waals surface area contributed by atoms with Gasteiger partial charge in [-0.25, -0.2) is 18.8 Å². The first-order chi connectivity index (χ1) is 17.6. The smallest absolute Gasteiger partial charge is 0.333 e. The van der Waals surface area contributed by atoms with E-state index in [1.807, 2.05) is 0 Å². The van der Waals surface area contributed by atoms with E-state index in [-0.39, 0.29) is 30.2 Å². The summed E-state index contributed by atoms with van der Waals surface area (Å²) in [6.45, 7) is 1.01. The van der Waals surface area contributed by atoms with Gasteiger partial charge in [0.15, 0.2) is 16.5 Å². The molecule has 2 aliphatic rings. The van der Waals surface area contributed by atoms with Gasteiger partial charge in [-0.1, -0.05) is 17.7 Å². The molecule has 3 N–H and O–H groups in total. The van der Waals surface area contributed by atoms with Crippen molar-refractivity contribution < 1.29 is 27.0 Å². The molecular weight excluding hydrogens is 536 g/mol. The maximum Gasteiger partial charge on any atom is 0.333 e. The number of aliphatic imine (C=N–C) groups is 1. The van der Waals surface area contributed by atoms with Crippen molar-refractivity contribution in [2.24, 2.45) is 15.8 Å². The molecule has 1 fully saturated rings. The predicted octanol–water partition coefficient (Wildman–Crippen LogP) is 4.71. The second-order valence-electron chi connectivity index (χ2n) is 8.33. The van der Waals surface area contributed by atoms with E-state index >= 15 is 4.39 Å². The molecular formula is C23H23ClF4N6O2S. The van der Waals surface area contributed by atoms with Gasteiger partial charge in [-0.15, -0.1) is 11.3 Å². The van der Waals surface area contributed by atoms with E-state index in [4.69, 9.17) is 31.8 Å². The van der Waals surface area contributed by atoms with Crippen LogP contribution in [0.25, 0.3) is 0 Å². The van der Waals surface area contributed by atoms with Crippen molar-refractivity contribution in [3.8, 4) is 0 Å². The van der Waals surface area contributed by atoms with Crippen LogP contribution in [0.2, 0.25) is 5.02 Å². The third-order valence-electron chi connectivity index (χ3n) is 5.64. The van der Waals surface area contributed by atoms with E-state index in [2.05, 4.69) is 22.1 Å². The highest BCUT2D eigenvalue weighted by atomic mass is 35.5. The fourth-order valence-corrected chi connectivity index (χ4v) is 4.85. The van der Waals surface area contributed by atoms with Crippen LogP contribution >= 0.6 is 22.9 Å². The molecule has 4 rings (SSSR count). The second-order valence-corrected chi connectivity index (χ2v) is 9.63. The van der Waals surface area contributed by atoms with Gasteiger partial charge in [-0.3, -0.25) is 10.7 Å². The largest absolute Gasteiger partial charge is 0.341 e. The van der Waals surface area contributed by atoms with Crippen LogP contribution in [0.15, 0.2) is 62.9 Å². The number of rotatable bonds is 8. The molecule has 0 unspecified atom stereocenters. The quantitative estimate of drug-likeness (QED) is 0.211. The third-order valence-corrected chi connectivity index (χ3v) is 6.75. The first kappa shape index (κ1) is 27.2. The van der Waals surface area contributed by atoms with Gasteiger partial charge in [0.2, 0.25) is 6.41 Å². The summed E-state index contributed by atoms with van der Waals surface area (Å²) in [5, 5.41) is 9.09. The number of hydrogen-bond acceptors (Lipinski definition) is 9. The van der Waals surface area contributed by atoms with Gasteiger partial charge < -0.3 is 14.8 Å². The van der Waals surface area contributed by atoms with Crippen LogP contribution in [-0.2, 0) is 9.47 Å². The summed E-state index contributed by atoms with van der Waals surface area (Å²) in [7, 11) is 0. The highest BCUT2D eigenvalue weighted by Crippen LogP contribution is 2.42. The Kier molecular flexibility index (Phi) is 8.29. The van der Waals surface area contributed by atoms with Crippen molar-refractivity contribution in [2.75, 3.05) is 13.2 Å². The number of aromatic nitrogens is 1. The molecule has 0 radical (unpaired) electrons. The van der Waals surface area contributed by atoms with Gasteiger partial charge in [0.25, 0.3) is 0 Å². The normalized spacial score (nSPS) is 24.6. The number of allylic oxidation sites excluding steroid dienone is 1. The SMILES string of the molecule is C=NN(/C=C(\C)C1=C(CC2(F)COC(N)OC2)NC(c2nccs2)=N[C@H]1c1ccc(F)cc1Cl)C(F)F. The van der Waals surface area contributed by atoms with Crippen molar-refractivity contribution >= 4 is 35.5 Å². The zero-order valence-corrected chi connectivity index (χ0v) is 21.1. The van der Waals surface area contributed by atoms with Gasteiger partial charge in [-0.05, 0) is 30.2 Å². The fourth-order valence-electron chi connectivity index (χ4n) is 3.99. The van der Waals surface area contributed by atoms with Gasteiger partial charge in [0, 0.05) is 47.2 Å². The highest BCUT2D eigenvalue weighted by Gasteiger charge is 2.40. The Morgan fingerprint density at radius 1 is 1.43 bits per heavy atom. The summed E-state index contributed by atoms with van der Waals surface area (Å²) in [4.78, 5) is 9.01. The highest BCUT2D eigenvalue weighted by molar-refractivity contribution is 7.11. The van der Waals surface area contributed by atoms with Gasteiger partial charge in [0.05, 0.1) is 13.2 Å². The van der Waals surface area contributed by atoms with Crippen molar-refractivity contribution in [1.82, 2.24) is 15.3 Å². The summed E-state index contributed by atoms with van der Waals surface area (Å²) < 4.78 is 67.1. The molecule has 2 aromatic rings. The minimum atomic E-state index is -2.98. The Bertz CT molecular complexity index is 1230. The molecule has 3 heterocycles. The standard InChI is InChI=1S/C23H23ClF4N6O2S/c1-12(9-34(30-2)21(26)27)17-16(8-23(28)10-35-22(29)36-11-23)32-19(20-31-5-6-37-20)33-18(17)14-4-3-13(25)7-15(14)24/h3-7,9,18,21-22H,2,8,10-11,29H2,1H3,(H,32,33)/b12-9+/t18-,22?,23?/m0/s1. The Balaban J connectivity index is 1.89. The number of halogens is 5. The summed E-state index contributed by atoms with van der Waals surface area (Å²) >= 11 is 7.68. The summed E-state index contributed by atoms with van der Waals surface area (Å²) in [6, 6.07) is 2.83. The average Bonchev–Trinajstić information content (AvgIpc) is 3.39. The Labute approximate surface area is 219 Å². The van der Waals surface area contributed by atoms with E-state index in [9.17, 15) is 13.2 Å². The van der Waals surface area contributed by atoms with Gasteiger partial charge in [-0.2, -0.15) is 13.9 Å². The van der Waals surface area contributed by atoms with Crippen LogP contribution in [0.3, 0.4) is 0 Å². The lowest BCUT2D eigenvalue weighted by atomic mass is 9.87. The number of nitrogens with one attached hydrogen (secondary N) is 1. The number of nitrogens with zero attached hydrogens (tertiary/aromatic N) is 4. The number of alkyl halides is 3. The first-order valence-electron chi connectivity index (χ1n) is 10.9. The monoisotopic (exact) mass is 558 g/mol. The maximum atomic E-state index is 15.9. The Morgan fingerprint density at radius 3 is 2.76 bits per heavy atom. The lowest BCUT2D eigenvalue weighted by Gasteiger charge is -2.36. The van der Waals surface area contributed by atoms with E-state index in [0.717, 1.165) is 12.3 Å². The van der Waals surface area contributed by atoms with Crippen LogP contribution in [0.5, 0.6) is 0 Å². The lowest BCUT2D eigenvalue weighted by Crippen LogP contribution is -2.48. The average molecular weight is 559 g/mol. The predicted molar refractivity (Wildman–Crippen MR) is 132 cm³/mol. The number of hydrazone groups is 1. The fraction of sp³-hybridized carbons (Fsp3) is 0.348. The molecule has 0 bridgehead atoms. The molecule has 1 aromatic carbocycles. The molecule has 0 amide bonds. The molecule has 1 saturated heterocycles. The van der Waals surface area contributed by atoms with E-state index in [1.165, 1.54) is 23.5 Å². The van der Waals surface area contributed by atoms with Crippen molar-refractivity contribution in [3.05, 3.63) is 74.2 Å². The van der Waals surface area contributed by atoms with Crippen LogP contribution in [0.4, 0.5) is 17.6 Å². The second kappa shape index (κ2) is 11.3. The molecule has 14 heteroatoms.